The van der Waals surface area contributed by atoms with Gasteiger partial charge in [0.2, 0.25) is 0 Å². The van der Waals surface area contributed by atoms with E-state index in [2.05, 4.69) is 72.8 Å². The fourth-order valence-electron chi connectivity index (χ4n) is 3.68. The van der Waals surface area contributed by atoms with Gasteiger partial charge >= 0.3 is 0 Å². The van der Waals surface area contributed by atoms with Crippen molar-refractivity contribution in [3.05, 3.63) is 126 Å². The molecule has 0 atom stereocenters. The smallest absolute Gasteiger partial charge is 0.141 e. The molecule has 0 N–H and O–H groups in total. The van der Waals surface area contributed by atoms with Crippen LogP contribution < -0.4 is 0 Å². The minimum atomic E-state index is 0.256. The quantitative estimate of drug-likeness (QED) is 0.461. The molecule has 0 bridgehead atoms. The second-order valence-electron chi connectivity index (χ2n) is 7.37. The van der Waals surface area contributed by atoms with Crippen LogP contribution in [0.4, 0.5) is 0 Å². The molecule has 0 saturated heterocycles. The predicted molar refractivity (Wildman–Crippen MR) is 121 cm³/mol. The van der Waals surface area contributed by atoms with Gasteiger partial charge in [0.1, 0.15) is 5.78 Å². The average Bonchev–Trinajstić information content (AvgIpc) is 3.01. The topological polar surface area (TPSA) is 17.1 Å². The Morgan fingerprint density at radius 3 is 2.17 bits per heavy atom. The first-order valence-corrected chi connectivity index (χ1v) is 10.1. The number of carbonyl (C=O) groups is 1. The molecule has 29 heavy (non-hydrogen) atoms. The summed E-state index contributed by atoms with van der Waals surface area (Å²) in [5, 5.41) is 0. The molecule has 0 aromatic heterocycles. The van der Waals surface area contributed by atoms with Crippen LogP contribution in [0.25, 0.3) is 16.7 Å². The molecular weight excluding hydrogens is 352 g/mol. The number of allylic oxidation sites excluding steroid dienone is 6. The Labute approximate surface area is 172 Å². The second kappa shape index (κ2) is 9.16. The van der Waals surface area contributed by atoms with Gasteiger partial charge in [-0.2, -0.15) is 0 Å². The first-order valence-electron chi connectivity index (χ1n) is 10.1. The highest BCUT2D eigenvalue weighted by Gasteiger charge is 2.09. The third-order valence-corrected chi connectivity index (χ3v) is 5.16. The van der Waals surface area contributed by atoms with E-state index in [1.807, 2.05) is 36.4 Å². The molecule has 0 heterocycles. The lowest BCUT2D eigenvalue weighted by Crippen LogP contribution is -2.04. The normalized spacial score (nSPS) is 13.4. The molecule has 142 valence electrons. The fraction of sp³-hybridized carbons (Fsp3) is 0.107. The van der Waals surface area contributed by atoms with Crippen molar-refractivity contribution in [2.45, 2.75) is 19.3 Å². The van der Waals surface area contributed by atoms with Gasteiger partial charge in [-0.1, -0.05) is 115 Å². The maximum atomic E-state index is 12.7. The van der Waals surface area contributed by atoms with Crippen LogP contribution in [0.5, 0.6) is 0 Å². The Balaban J connectivity index is 1.40. The highest BCUT2D eigenvalue weighted by Crippen LogP contribution is 2.24. The summed E-state index contributed by atoms with van der Waals surface area (Å²) in [7, 11) is 0. The summed E-state index contributed by atoms with van der Waals surface area (Å²) in [5.74, 6) is 0.256. The van der Waals surface area contributed by atoms with Crippen molar-refractivity contribution in [2.75, 3.05) is 0 Å². The van der Waals surface area contributed by atoms with Crippen LogP contribution in [0.2, 0.25) is 0 Å². The van der Waals surface area contributed by atoms with Crippen LogP contribution in [0.1, 0.15) is 24.0 Å². The average molecular weight is 376 g/mol. The van der Waals surface area contributed by atoms with Crippen LogP contribution >= 0.6 is 0 Å². The van der Waals surface area contributed by atoms with Crippen LogP contribution in [0.15, 0.2) is 115 Å². The number of rotatable bonds is 6. The third kappa shape index (κ3) is 5.08. The molecule has 4 rings (SSSR count). The Bertz CT molecular complexity index is 1070. The fourth-order valence-corrected chi connectivity index (χ4v) is 3.68. The molecule has 1 nitrogen and oxygen atoms in total. The van der Waals surface area contributed by atoms with E-state index in [0.717, 1.165) is 23.1 Å². The minimum absolute atomic E-state index is 0.256. The van der Waals surface area contributed by atoms with Crippen molar-refractivity contribution in [1.29, 1.82) is 0 Å². The van der Waals surface area contributed by atoms with Crippen LogP contribution in [-0.4, -0.2) is 5.78 Å². The second-order valence-corrected chi connectivity index (χ2v) is 7.37. The molecule has 0 saturated carbocycles. The molecule has 0 fully saturated rings. The van der Waals surface area contributed by atoms with Crippen LogP contribution in [0, 0.1) is 0 Å². The highest BCUT2D eigenvalue weighted by atomic mass is 16.1. The largest absolute Gasteiger partial charge is 0.299 e. The Hall–Kier alpha value is -3.45. The van der Waals surface area contributed by atoms with Crippen LogP contribution in [-0.2, 0) is 11.2 Å². The summed E-state index contributed by atoms with van der Waals surface area (Å²) in [6.45, 7) is 0. The van der Waals surface area contributed by atoms with Gasteiger partial charge in [-0.15, -0.1) is 0 Å². The van der Waals surface area contributed by atoms with Gasteiger partial charge in [0.05, 0.1) is 0 Å². The number of carbonyl (C=O) groups excluding carboxylic acids is 1. The lowest BCUT2D eigenvalue weighted by atomic mass is 9.97. The Kier molecular flexibility index (Phi) is 5.97. The summed E-state index contributed by atoms with van der Waals surface area (Å²) >= 11 is 0. The summed E-state index contributed by atoms with van der Waals surface area (Å²) in [6.07, 6.45) is 10.3. The van der Waals surface area contributed by atoms with Gasteiger partial charge in [-0.3, -0.25) is 4.79 Å². The predicted octanol–water partition coefficient (Wildman–Crippen LogP) is 6.83. The molecule has 1 aliphatic carbocycles. The summed E-state index contributed by atoms with van der Waals surface area (Å²) in [4.78, 5) is 12.7. The molecule has 0 unspecified atom stereocenters. The number of hydrogen-bond acceptors (Lipinski definition) is 1. The molecule has 0 amide bonds. The highest BCUT2D eigenvalue weighted by molar-refractivity contribution is 5.84. The lowest BCUT2D eigenvalue weighted by molar-refractivity contribution is -0.117. The SMILES string of the molecule is O=C(CC1=CC=CC(c2ccccc2)=CC1)Cc1cccc(-c2ccccc2)c1. The van der Waals surface area contributed by atoms with Gasteiger partial charge < -0.3 is 0 Å². The monoisotopic (exact) mass is 376 g/mol. The zero-order valence-electron chi connectivity index (χ0n) is 16.4. The molecule has 3 aromatic rings. The summed E-state index contributed by atoms with van der Waals surface area (Å²) in [5.41, 5.74) is 6.99. The van der Waals surface area contributed by atoms with E-state index in [9.17, 15) is 4.79 Å². The van der Waals surface area contributed by atoms with Crippen molar-refractivity contribution < 1.29 is 4.79 Å². The molecule has 0 radical (unpaired) electrons. The Morgan fingerprint density at radius 2 is 1.41 bits per heavy atom. The van der Waals surface area contributed by atoms with Gasteiger partial charge in [0.25, 0.3) is 0 Å². The number of hydrogen-bond donors (Lipinski definition) is 0. The van der Waals surface area contributed by atoms with E-state index in [1.54, 1.807) is 0 Å². The van der Waals surface area contributed by atoms with E-state index in [4.69, 9.17) is 0 Å². The van der Waals surface area contributed by atoms with E-state index in [1.165, 1.54) is 16.7 Å². The Morgan fingerprint density at radius 1 is 0.724 bits per heavy atom. The standard InChI is InChI=1S/C28H24O/c29-28(21-23-10-8-16-27(19-23)25-13-5-2-6-14-25)20-22-9-7-15-26(18-17-22)24-11-3-1-4-12-24/h1-16,18-19H,17,20-21H2. The van der Waals surface area contributed by atoms with Crippen molar-refractivity contribution in [1.82, 2.24) is 0 Å². The van der Waals surface area contributed by atoms with E-state index < -0.39 is 0 Å². The van der Waals surface area contributed by atoms with Gasteiger partial charge in [0, 0.05) is 12.8 Å². The minimum Gasteiger partial charge on any atom is -0.299 e. The van der Waals surface area contributed by atoms with Gasteiger partial charge in [-0.05, 0) is 34.2 Å². The van der Waals surface area contributed by atoms with Crippen molar-refractivity contribution in [3.8, 4) is 11.1 Å². The van der Waals surface area contributed by atoms with Crippen molar-refractivity contribution >= 4 is 11.4 Å². The number of benzene rings is 3. The maximum Gasteiger partial charge on any atom is 0.141 e. The van der Waals surface area contributed by atoms with Crippen molar-refractivity contribution in [3.63, 3.8) is 0 Å². The van der Waals surface area contributed by atoms with E-state index in [-0.39, 0.29) is 5.78 Å². The van der Waals surface area contributed by atoms with Crippen LogP contribution in [0.3, 0.4) is 0 Å². The first kappa shape index (κ1) is 18.9. The summed E-state index contributed by atoms with van der Waals surface area (Å²) in [6, 6.07) is 29.0. The zero-order valence-corrected chi connectivity index (χ0v) is 16.4. The molecule has 1 aliphatic rings. The van der Waals surface area contributed by atoms with Gasteiger partial charge in [0.15, 0.2) is 0 Å². The third-order valence-electron chi connectivity index (χ3n) is 5.16. The van der Waals surface area contributed by atoms with E-state index in [0.29, 0.717) is 12.8 Å². The lowest BCUT2D eigenvalue weighted by Gasteiger charge is -2.07. The first-order chi connectivity index (χ1) is 14.3. The molecule has 0 aliphatic heterocycles. The zero-order chi connectivity index (χ0) is 19.9. The molecular formula is C28H24O. The molecule has 3 aromatic carbocycles. The number of ketones is 1. The van der Waals surface area contributed by atoms with E-state index >= 15 is 0 Å². The molecule has 1 heteroatoms. The van der Waals surface area contributed by atoms with Crippen molar-refractivity contribution in [2.24, 2.45) is 0 Å². The number of Topliss-reactive ketones (excluding diaryl/α,β-unsaturated/α-hetero) is 1. The maximum absolute atomic E-state index is 12.7. The van der Waals surface area contributed by atoms with Gasteiger partial charge in [-0.25, -0.2) is 0 Å². The molecule has 0 spiro atoms. The summed E-state index contributed by atoms with van der Waals surface area (Å²) < 4.78 is 0.